The van der Waals surface area contributed by atoms with Gasteiger partial charge in [-0.1, -0.05) is 18.2 Å². The Balaban J connectivity index is 1.76. The Morgan fingerprint density at radius 3 is 2.70 bits per heavy atom. The number of hydrogen-bond donors (Lipinski definition) is 2. The van der Waals surface area contributed by atoms with Crippen molar-refractivity contribution in [2.75, 3.05) is 13.2 Å². The normalized spacial score (nSPS) is 10.3. The number of carbonyl (C=O) groups is 2. The third-order valence-electron chi connectivity index (χ3n) is 3.12. The van der Waals surface area contributed by atoms with Crippen molar-refractivity contribution in [3.8, 4) is 5.75 Å². The molecule has 1 aromatic heterocycles. The molecule has 0 aliphatic rings. The summed E-state index contributed by atoms with van der Waals surface area (Å²) < 4.78 is 5.59. The van der Waals surface area contributed by atoms with Gasteiger partial charge in [0.1, 0.15) is 22.2 Å². The van der Waals surface area contributed by atoms with Gasteiger partial charge in [0.05, 0.1) is 18.7 Å². The van der Waals surface area contributed by atoms with Gasteiger partial charge >= 0.3 is 5.97 Å². The van der Waals surface area contributed by atoms with Crippen LogP contribution in [0.2, 0.25) is 0 Å². The van der Waals surface area contributed by atoms with Gasteiger partial charge < -0.3 is 15.2 Å². The number of rotatable bonds is 7. The maximum atomic E-state index is 11.8. The lowest BCUT2D eigenvalue weighted by Gasteiger charge is -2.09. The Labute approximate surface area is 138 Å². The van der Waals surface area contributed by atoms with E-state index in [1.165, 1.54) is 0 Å². The van der Waals surface area contributed by atoms with Crippen LogP contribution in [0, 0.1) is 13.8 Å². The number of nitrogens with one attached hydrogen (secondary N) is 1. The SMILES string of the molecule is Cc1ccccc1OCCNC(=O)Cc1nc(C)c(C(=O)O)s1. The Kier molecular flexibility index (Phi) is 5.70. The zero-order valence-electron chi connectivity index (χ0n) is 13.0. The molecule has 2 N–H and O–H groups in total. The average molecular weight is 334 g/mol. The second-order valence-electron chi connectivity index (χ2n) is 4.97. The summed E-state index contributed by atoms with van der Waals surface area (Å²) >= 11 is 1.03. The molecule has 0 radical (unpaired) electrons. The van der Waals surface area contributed by atoms with Gasteiger partial charge in [-0.2, -0.15) is 0 Å². The maximum Gasteiger partial charge on any atom is 0.347 e. The van der Waals surface area contributed by atoms with Crippen molar-refractivity contribution in [2.24, 2.45) is 0 Å². The lowest BCUT2D eigenvalue weighted by Crippen LogP contribution is -2.29. The van der Waals surface area contributed by atoms with Crippen molar-refractivity contribution < 1.29 is 19.4 Å². The third kappa shape index (κ3) is 4.79. The second-order valence-corrected chi connectivity index (χ2v) is 6.05. The van der Waals surface area contributed by atoms with E-state index >= 15 is 0 Å². The van der Waals surface area contributed by atoms with Crippen LogP contribution in [0.5, 0.6) is 5.75 Å². The first-order chi connectivity index (χ1) is 11.0. The van der Waals surface area contributed by atoms with Crippen molar-refractivity contribution in [3.05, 3.63) is 45.4 Å². The number of para-hydroxylation sites is 1. The van der Waals surface area contributed by atoms with E-state index in [0.29, 0.717) is 23.9 Å². The molecule has 0 saturated carbocycles. The van der Waals surface area contributed by atoms with Gasteiger partial charge in [-0.25, -0.2) is 9.78 Å². The molecule has 0 unspecified atom stereocenters. The van der Waals surface area contributed by atoms with Gasteiger partial charge in [-0.15, -0.1) is 11.3 Å². The fourth-order valence-corrected chi connectivity index (χ4v) is 2.90. The highest BCUT2D eigenvalue weighted by Crippen LogP contribution is 2.18. The van der Waals surface area contributed by atoms with Crippen LogP contribution >= 0.6 is 11.3 Å². The molecule has 0 bridgehead atoms. The minimum atomic E-state index is -1.02. The molecule has 23 heavy (non-hydrogen) atoms. The van der Waals surface area contributed by atoms with Gasteiger partial charge in [-0.3, -0.25) is 4.79 Å². The molecule has 1 heterocycles. The van der Waals surface area contributed by atoms with Crippen LogP contribution in [0.25, 0.3) is 0 Å². The van der Waals surface area contributed by atoms with E-state index in [1.54, 1.807) is 6.92 Å². The van der Waals surface area contributed by atoms with Crippen molar-refractivity contribution in [2.45, 2.75) is 20.3 Å². The largest absolute Gasteiger partial charge is 0.491 e. The maximum absolute atomic E-state index is 11.8. The number of thiazole rings is 1. The monoisotopic (exact) mass is 334 g/mol. The Morgan fingerprint density at radius 2 is 2.04 bits per heavy atom. The number of amides is 1. The van der Waals surface area contributed by atoms with E-state index in [4.69, 9.17) is 9.84 Å². The highest BCUT2D eigenvalue weighted by molar-refractivity contribution is 7.13. The van der Waals surface area contributed by atoms with Gasteiger partial charge in [0.2, 0.25) is 5.91 Å². The minimum absolute atomic E-state index is 0.0726. The van der Waals surface area contributed by atoms with Crippen LogP contribution in [0.3, 0.4) is 0 Å². The van der Waals surface area contributed by atoms with Crippen molar-refractivity contribution in [1.29, 1.82) is 0 Å². The molecule has 0 fully saturated rings. The molecule has 7 heteroatoms. The van der Waals surface area contributed by atoms with Crippen LogP contribution < -0.4 is 10.1 Å². The standard InChI is InChI=1S/C16H18N2O4S/c1-10-5-3-4-6-12(10)22-8-7-17-13(19)9-14-18-11(2)15(23-14)16(20)21/h3-6H,7-9H2,1-2H3,(H,17,19)(H,20,21). The van der Waals surface area contributed by atoms with E-state index in [9.17, 15) is 9.59 Å². The second kappa shape index (κ2) is 7.73. The molecule has 0 saturated heterocycles. The molecule has 1 amide bonds. The molecule has 6 nitrogen and oxygen atoms in total. The third-order valence-corrected chi connectivity index (χ3v) is 4.27. The summed E-state index contributed by atoms with van der Waals surface area (Å²) in [5.74, 6) is -0.425. The fraction of sp³-hybridized carbons (Fsp3) is 0.312. The van der Waals surface area contributed by atoms with Crippen LogP contribution in [-0.4, -0.2) is 35.1 Å². The smallest absolute Gasteiger partial charge is 0.347 e. The van der Waals surface area contributed by atoms with Gasteiger partial charge in [0.15, 0.2) is 0 Å². The van der Waals surface area contributed by atoms with E-state index in [1.807, 2.05) is 31.2 Å². The number of nitrogens with zero attached hydrogens (tertiary/aromatic N) is 1. The molecule has 0 spiro atoms. The minimum Gasteiger partial charge on any atom is -0.491 e. The summed E-state index contributed by atoms with van der Waals surface area (Å²) in [5.41, 5.74) is 1.48. The zero-order chi connectivity index (χ0) is 16.8. The summed E-state index contributed by atoms with van der Waals surface area (Å²) in [5, 5.41) is 12.2. The number of carbonyl (C=O) groups excluding carboxylic acids is 1. The number of aryl methyl sites for hydroxylation is 2. The fourth-order valence-electron chi connectivity index (χ4n) is 2.00. The molecule has 2 rings (SSSR count). The summed E-state index contributed by atoms with van der Waals surface area (Å²) in [6.07, 6.45) is 0.0726. The first-order valence-electron chi connectivity index (χ1n) is 7.12. The van der Waals surface area contributed by atoms with Crippen molar-refractivity contribution >= 4 is 23.2 Å². The van der Waals surface area contributed by atoms with E-state index in [2.05, 4.69) is 10.3 Å². The summed E-state index contributed by atoms with van der Waals surface area (Å²) in [6.45, 7) is 4.33. The number of aromatic nitrogens is 1. The van der Waals surface area contributed by atoms with Gasteiger partial charge in [0.25, 0.3) is 0 Å². The molecule has 122 valence electrons. The van der Waals surface area contributed by atoms with E-state index in [0.717, 1.165) is 22.6 Å². The molecule has 0 aliphatic heterocycles. The predicted octanol–water partition coefficient (Wildman–Crippen LogP) is 2.20. The van der Waals surface area contributed by atoms with Crippen LogP contribution in [-0.2, 0) is 11.2 Å². The Hall–Kier alpha value is -2.41. The Bertz CT molecular complexity index is 712. The lowest BCUT2D eigenvalue weighted by atomic mass is 10.2. The summed E-state index contributed by atoms with van der Waals surface area (Å²) in [7, 11) is 0. The number of ether oxygens (including phenoxy) is 1. The predicted molar refractivity (Wildman–Crippen MR) is 87.2 cm³/mol. The van der Waals surface area contributed by atoms with E-state index < -0.39 is 5.97 Å². The first-order valence-corrected chi connectivity index (χ1v) is 7.93. The van der Waals surface area contributed by atoms with Gasteiger partial charge in [0, 0.05) is 0 Å². The average Bonchev–Trinajstić information content (AvgIpc) is 2.86. The highest BCUT2D eigenvalue weighted by Gasteiger charge is 2.15. The van der Waals surface area contributed by atoms with E-state index in [-0.39, 0.29) is 17.2 Å². The number of hydrogen-bond acceptors (Lipinski definition) is 5. The summed E-state index contributed by atoms with van der Waals surface area (Å²) in [6, 6.07) is 7.67. The molecule has 0 atom stereocenters. The molecule has 2 aromatic rings. The lowest BCUT2D eigenvalue weighted by molar-refractivity contribution is -0.120. The highest BCUT2D eigenvalue weighted by atomic mass is 32.1. The number of aromatic carboxylic acids is 1. The quantitative estimate of drug-likeness (QED) is 0.758. The first kappa shape index (κ1) is 17.0. The van der Waals surface area contributed by atoms with Gasteiger partial charge in [-0.05, 0) is 25.5 Å². The number of benzene rings is 1. The zero-order valence-corrected chi connectivity index (χ0v) is 13.8. The topological polar surface area (TPSA) is 88.5 Å². The molecule has 1 aromatic carbocycles. The van der Waals surface area contributed by atoms with Crippen LogP contribution in [0.15, 0.2) is 24.3 Å². The van der Waals surface area contributed by atoms with Crippen molar-refractivity contribution in [3.63, 3.8) is 0 Å². The molecular formula is C16H18N2O4S. The Morgan fingerprint density at radius 1 is 1.30 bits per heavy atom. The molecular weight excluding hydrogens is 316 g/mol. The van der Waals surface area contributed by atoms with Crippen LogP contribution in [0.1, 0.15) is 25.9 Å². The van der Waals surface area contributed by atoms with Crippen LogP contribution in [0.4, 0.5) is 0 Å². The number of carboxylic acids is 1. The van der Waals surface area contributed by atoms with Crippen molar-refractivity contribution in [1.82, 2.24) is 10.3 Å². The summed E-state index contributed by atoms with van der Waals surface area (Å²) in [4.78, 5) is 27.1. The number of carboxylic acid groups (broad SMARTS) is 1. The molecule has 0 aliphatic carbocycles.